The van der Waals surface area contributed by atoms with E-state index in [2.05, 4.69) is 5.32 Å². The maximum absolute atomic E-state index is 12.3. The molecule has 126 valence electrons. The van der Waals surface area contributed by atoms with Crippen molar-refractivity contribution in [2.75, 3.05) is 18.4 Å². The fourth-order valence-electron chi connectivity index (χ4n) is 2.90. The lowest BCUT2D eigenvalue weighted by Crippen LogP contribution is -2.44. The summed E-state index contributed by atoms with van der Waals surface area (Å²) in [4.78, 5) is 24.6. The van der Waals surface area contributed by atoms with E-state index in [1.54, 1.807) is 24.0 Å². The van der Waals surface area contributed by atoms with E-state index in [1.807, 2.05) is 6.92 Å². The summed E-state index contributed by atoms with van der Waals surface area (Å²) in [6, 6.07) is 4.46. The number of nitro groups is 1. The molecule has 1 aromatic rings. The normalized spacial score (nSPS) is 19.3. The number of nitrogens with one attached hydrogen (secondary N) is 1. The molecule has 1 fully saturated rings. The van der Waals surface area contributed by atoms with Crippen LogP contribution in [0.4, 0.5) is 16.2 Å². The first-order valence-corrected chi connectivity index (χ1v) is 7.93. The van der Waals surface area contributed by atoms with Crippen molar-refractivity contribution in [1.82, 2.24) is 4.90 Å². The molecule has 2 rings (SSSR count). The molecule has 0 bridgehead atoms. The van der Waals surface area contributed by atoms with Crippen molar-refractivity contribution in [2.24, 2.45) is 5.92 Å². The molecule has 1 saturated heterocycles. The largest absolute Gasteiger partial charge is 0.393 e. The monoisotopic (exact) mass is 321 g/mol. The van der Waals surface area contributed by atoms with Crippen LogP contribution in [0.5, 0.6) is 0 Å². The average Bonchev–Trinajstić information content (AvgIpc) is 2.54. The molecule has 0 saturated carbocycles. The highest BCUT2D eigenvalue weighted by molar-refractivity contribution is 5.89. The molecule has 7 heteroatoms. The highest BCUT2D eigenvalue weighted by atomic mass is 16.6. The van der Waals surface area contributed by atoms with Gasteiger partial charge in [-0.25, -0.2) is 4.79 Å². The van der Waals surface area contributed by atoms with E-state index in [0.29, 0.717) is 30.8 Å². The number of aryl methyl sites for hydroxylation is 1. The zero-order chi connectivity index (χ0) is 17.0. The van der Waals surface area contributed by atoms with E-state index in [1.165, 1.54) is 6.07 Å². The summed E-state index contributed by atoms with van der Waals surface area (Å²) in [5, 5.41) is 23.5. The first kappa shape index (κ1) is 17.2. The number of piperidine rings is 1. The number of carbonyl (C=O) groups is 1. The predicted octanol–water partition coefficient (Wildman–Crippen LogP) is 2.78. The van der Waals surface area contributed by atoms with Gasteiger partial charge in [-0.2, -0.15) is 0 Å². The second kappa shape index (κ2) is 7.41. The minimum atomic E-state index is -0.449. The lowest BCUT2D eigenvalue weighted by Gasteiger charge is -2.34. The van der Waals surface area contributed by atoms with Gasteiger partial charge in [0.25, 0.3) is 5.69 Å². The van der Waals surface area contributed by atoms with Crippen molar-refractivity contribution in [3.05, 3.63) is 33.9 Å². The quantitative estimate of drug-likeness (QED) is 0.658. The number of rotatable bonds is 4. The Balaban J connectivity index is 2.08. The fraction of sp³-hybridized carbons (Fsp3) is 0.562. The summed E-state index contributed by atoms with van der Waals surface area (Å²) in [5.74, 6) is 0.0753. The molecule has 7 nitrogen and oxygen atoms in total. The zero-order valence-corrected chi connectivity index (χ0v) is 13.5. The number of urea groups is 1. The van der Waals surface area contributed by atoms with Gasteiger partial charge in [-0.15, -0.1) is 0 Å². The highest BCUT2D eigenvalue weighted by Gasteiger charge is 2.26. The van der Waals surface area contributed by atoms with Crippen molar-refractivity contribution in [3.8, 4) is 0 Å². The van der Waals surface area contributed by atoms with Gasteiger partial charge in [0.2, 0.25) is 0 Å². The van der Waals surface area contributed by atoms with Crippen LogP contribution in [0.25, 0.3) is 0 Å². The van der Waals surface area contributed by atoms with Crippen molar-refractivity contribution in [3.63, 3.8) is 0 Å². The molecule has 0 spiro atoms. The van der Waals surface area contributed by atoms with E-state index >= 15 is 0 Å². The van der Waals surface area contributed by atoms with Gasteiger partial charge in [-0.05, 0) is 32.3 Å². The summed E-state index contributed by atoms with van der Waals surface area (Å²) in [7, 11) is 0. The molecule has 0 aromatic heterocycles. The summed E-state index contributed by atoms with van der Waals surface area (Å²) >= 11 is 0. The third-order valence-corrected chi connectivity index (χ3v) is 4.34. The van der Waals surface area contributed by atoms with Crippen molar-refractivity contribution in [1.29, 1.82) is 0 Å². The van der Waals surface area contributed by atoms with Crippen molar-refractivity contribution in [2.45, 2.75) is 39.2 Å². The van der Waals surface area contributed by atoms with Crippen LogP contribution in [0.1, 0.15) is 32.3 Å². The molecular formula is C16H23N3O4. The molecule has 23 heavy (non-hydrogen) atoms. The molecule has 0 aliphatic carbocycles. The molecule has 2 atom stereocenters. The third-order valence-electron chi connectivity index (χ3n) is 4.34. The lowest BCUT2D eigenvalue weighted by atomic mass is 9.94. The Morgan fingerprint density at radius 2 is 2.30 bits per heavy atom. The van der Waals surface area contributed by atoms with Gasteiger partial charge in [0.1, 0.15) is 0 Å². The van der Waals surface area contributed by atoms with Crippen LogP contribution in [-0.4, -0.2) is 40.2 Å². The molecule has 1 heterocycles. The minimum absolute atomic E-state index is 0.0193. The first-order valence-electron chi connectivity index (χ1n) is 7.93. The van der Waals surface area contributed by atoms with Gasteiger partial charge in [0.15, 0.2) is 0 Å². The lowest BCUT2D eigenvalue weighted by molar-refractivity contribution is -0.385. The van der Waals surface area contributed by atoms with Crippen molar-refractivity contribution < 1.29 is 14.8 Å². The number of amides is 2. The number of nitrogens with zero attached hydrogens (tertiary/aromatic N) is 2. The van der Waals surface area contributed by atoms with E-state index in [4.69, 9.17) is 0 Å². The number of carbonyl (C=O) groups excluding carboxylic acids is 1. The number of nitro benzene ring substituents is 1. The second-order valence-corrected chi connectivity index (χ2v) is 5.97. The highest BCUT2D eigenvalue weighted by Crippen LogP contribution is 2.25. The number of aliphatic hydroxyl groups is 1. The standard InChI is InChI=1S/C16H23N3O4/c1-3-12-6-7-14(9-15(12)19(22)23)17-16(21)18-8-4-5-13(10-18)11(2)20/h6-7,9,11,13,20H,3-5,8,10H2,1-2H3,(H,17,21)/t11-,13+/m1/s1. The molecule has 0 unspecified atom stereocenters. The van der Waals surface area contributed by atoms with Crippen LogP contribution in [-0.2, 0) is 6.42 Å². The Morgan fingerprint density at radius 1 is 1.57 bits per heavy atom. The first-order chi connectivity index (χ1) is 10.9. The van der Waals surface area contributed by atoms with Gasteiger partial charge in [-0.1, -0.05) is 13.0 Å². The number of aliphatic hydroxyl groups excluding tert-OH is 1. The summed E-state index contributed by atoms with van der Waals surface area (Å²) < 4.78 is 0. The van der Waals surface area contributed by atoms with E-state index in [9.17, 15) is 20.0 Å². The smallest absolute Gasteiger partial charge is 0.321 e. The maximum atomic E-state index is 12.3. The molecule has 1 aliphatic rings. The van der Waals surface area contributed by atoms with Gasteiger partial charge >= 0.3 is 6.03 Å². The molecule has 1 aliphatic heterocycles. The number of likely N-dealkylation sites (tertiary alicyclic amines) is 1. The summed E-state index contributed by atoms with van der Waals surface area (Å²) in [6.07, 6.45) is 1.86. The SMILES string of the molecule is CCc1ccc(NC(=O)N2CCC[C@H]([C@@H](C)O)C2)cc1[N+](=O)[O-]. The van der Waals surface area contributed by atoms with Crippen LogP contribution in [0.15, 0.2) is 18.2 Å². The number of hydrogen-bond acceptors (Lipinski definition) is 4. The minimum Gasteiger partial charge on any atom is -0.393 e. The van der Waals surface area contributed by atoms with Gasteiger partial charge in [-0.3, -0.25) is 10.1 Å². The molecule has 2 N–H and O–H groups in total. The fourth-order valence-corrected chi connectivity index (χ4v) is 2.90. The summed E-state index contributed by atoms with van der Waals surface area (Å²) in [6.45, 7) is 4.71. The van der Waals surface area contributed by atoms with Gasteiger partial charge in [0.05, 0.1) is 11.0 Å². The Hall–Kier alpha value is -2.15. The van der Waals surface area contributed by atoms with Crippen molar-refractivity contribution >= 4 is 17.4 Å². The molecular weight excluding hydrogens is 298 g/mol. The van der Waals surface area contributed by atoms with Crippen LogP contribution in [0.3, 0.4) is 0 Å². The maximum Gasteiger partial charge on any atom is 0.321 e. The average molecular weight is 321 g/mol. The van der Waals surface area contributed by atoms with E-state index in [-0.39, 0.29) is 17.6 Å². The Bertz CT molecular complexity index is 589. The zero-order valence-electron chi connectivity index (χ0n) is 13.5. The summed E-state index contributed by atoms with van der Waals surface area (Å²) in [5.41, 5.74) is 1.07. The van der Waals surface area contributed by atoms with E-state index < -0.39 is 11.0 Å². The van der Waals surface area contributed by atoms with Crippen LogP contribution in [0.2, 0.25) is 0 Å². The topological polar surface area (TPSA) is 95.7 Å². The van der Waals surface area contributed by atoms with Crippen LogP contribution in [0, 0.1) is 16.0 Å². The molecule has 2 amide bonds. The number of anilines is 1. The van der Waals surface area contributed by atoms with Crippen LogP contribution >= 0.6 is 0 Å². The third kappa shape index (κ3) is 4.19. The van der Waals surface area contributed by atoms with Crippen LogP contribution < -0.4 is 5.32 Å². The van der Waals surface area contributed by atoms with Gasteiger partial charge < -0.3 is 15.3 Å². The Kier molecular flexibility index (Phi) is 5.54. The number of hydrogen-bond donors (Lipinski definition) is 2. The van der Waals surface area contributed by atoms with Gasteiger partial charge in [0, 0.05) is 36.3 Å². The predicted molar refractivity (Wildman–Crippen MR) is 87.5 cm³/mol. The Morgan fingerprint density at radius 3 is 2.91 bits per heavy atom. The molecule has 1 aromatic carbocycles. The second-order valence-electron chi connectivity index (χ2n) is 5.97. The molecule has 0 radical (unpaired) electrons. The number of benzene rings is 1. The van der Waals surface area contributed by atoms with E-state index in [0.717, 1.165) is 12.8 Å². The Labute approximate surface area is 135 Å².